The van der Waals surface area contributed by atoms with Crippen molar-refractivity contribution in [3.63, 3.8) is 0 Å². The van der Waals surface area contributed by atoms with Gasteiger partial charge in [-0.15, -0.1) is 0 Å². The fourth-order valence-corrected chi connectivity index (χ4v) is 1.26. The van der Waals surface area contributed by atoms with Gasteiger partial charge in [-0.1, -0.05) is 13.8 Å². The first-order chi connectivity index (χ1) is 6.45. The van der Waals surface area contributed by atoms with Crippen LogP contribution in [0.25, 0.3) is 0 Å². The number of rotatable bonds is 5. The smallest absolute Gasteiger partial charge is 0.316 e. The lowest BCUT2D eigenvalue weighted by atomic mass is 9.94. The van der Waals surface area contributed by atoms with Gasteiger partial charge in [0.15, 0.2) is 5.78 Å². The van der Waals surface area contributed by atoms with Crippen LogP contribution < -0.4 is 0 Å². The number of Topliss-reactive ketones (excluding diaryl/α,β-unsaturated/α-hetero) is 1. The molecule has 0 saturated carbocycles. The summed E-state index contributed by atoms with van der Waals surface area (Å²) in [6, 6.07) is 0. The average Bonchev–Trinajstić information content (AvgIpc) is 2.15. The molecule has 0 radical (unpaired) electrons. The number of methoxy groups -OCH3 is 2. The summed E-state index contributed by atoms with van der Waals surface area (Å²) in [4.78, 5) is 22.8. The molecule has 0 rings (SSSR count). The number of hydrogen-bond acceptors (Lipinski definition) is 4. The highest BCUT2D eigenvalue weighted by molar-refractivity contribution is 6.00. The predicted molar refractivity (Wildman–Crippen MR) is 51.8 cm³/mol. The Kier molecular flexibility index (Phi) is 5.38. The molecule has 0 fully saturated rings. The zero-order valence-corrected chi connectivity index (χ0v) is 9.37. The van der Waals surface area contributed by atoms with Gasteiger partial charge in [0.05, 0.1) is 7.11 Å². The molecular formula is C10H18O4. The van der Waals surface area contributed by atoms with Crippen LogP contribution in [0.2, 0.25) is 0 Å². The lowest BCUT2D eigenvalue weighted by molar-refractivity contribution is -0.152. The molecule has 4 nitrogen and oxygen atoms in total. The number of carbonyl (C=O) groups is 2. The second-order valence-corrected chi connectivity index (χ2v) is 3.55. The minimum absolute atomic E-state index is 0.0552. The first kappa shape index (κ1) is 13.1. The molecule has 0 aromatic rings. The quantitative estimate of drug-likeness (QED) is 0.493. The Morgan fingerprint density at radius 2 is 1.57 bits per heavy atom. The SMILES string of the molecule is COC(=O)C(C)C(=O)C(OC)C(C)C. The molecule has 2 atom stereocenters. The van der Waals surface area contributed by atoms with E-state index in [1.54, 1.807) is 0 Å². The van der Waals surface area contributed by atoms with E-state index in [0.29, 0.717) is 0 Å². The van der Waals surface area contributed by atoms with Gasteiger partial charge in [0.2, 0.25) is 0 Å². The second-order valence-electron chi connectivity index (χ2n) is 3.55. The first-order valence-electron chi connectivity index (χ1n) is 4.60. The Bertz CT molecular complexity index is 210. The lowest BCUT2D eigenvalue weighted by Crippen LogP contribution is -2.36. The summed E-state index contributed by atoms with van der Waals surface area (Å²) in [6.07, 6.45) is -0.538. The average molecular weight is 202 g/mol. The van der Waals surface area contributed by atoms with E-state index in [1.807, 2.05) is 13.8 Å². The number of hydrogen-bond donors (Lipinski definition) is 0. The summed E-state index contributed by atoms with van der Waals surface area (Å²) < 4.78 is 9.52. The minimum atomic E-state index is -0.757. The molecule has 0 aliphatic heterocycles. The maximum absolute atomic E-state index is 11.7. The van der Waals surface area contributed by atoms with Crippen molar-refractivity contribution in [3.05, 3.63) is 0 Å². The summed E-state index contributed by atoms with van der Waals surface area (Å²) in [5.74, 6) is -1.45. The maximum atomic E-state index is 11.7. The topological polar surface area (TPSA) is 52.6 Å². The van der Waals surface area contributed by atoms with Gasteiger partial charge >= 0.3 is 5.97 Å². The van der Waals surface area contributed by atoms with Crippen molar-refractivity contribution in [2.45, 2.75) is 26.9 Å². The molecule has 0 heterocycles. The van der Waals surface area contributed by atoms with Crippen LogP contribution in [0.1, 0.15) is 20.8 Å². The van der Waals surface area contributed by atoms with Crippen LogP contribution in [0, 0.1) is 11.8 Å². The normalized spacial score (nSPS) is 15.0. The van der Waals surface area contributed by atoms with E-state index >= 15 is 0 Å². The summed E-state index contributed by atoms with van der Waals surface area (Å²) >= 11 is 0. The van der Waals surface area contributed by atoms with E-state index in [-0.39, 0.29) is 11.7 Å². The number of ketones is 1. The standard InChI is InChI=1S/C10H18O4/c1-6(2)9(13-4)8(11)7(3)10(12)14-5/h6-7,9H,1-5H3. The summed E-state index contributed by atoms with van der Waals surface area (Å²) in [5.41, 5.74) is 0. The zero-order valence-electron chi connectivity index (χ0n) is 9.37. The Balaban J connectivity index is 4.50. The van der Waals surface area contributed by atoms with Gasteiger partial charge < -0.3 is 9.47 Å². The van der Waals surface area contributed by atoms with Gasteiger partial charge in [-0.05, 0) is 12.8 Å². The molecule has 0 bridgehead atoms. The molecule has 0 N–H and O–H groups in total. The second kappa shape index (κ2) is 5.75. The maximum Gasteiger partial charge on any atom is 0.316 e. The Morgan fingerprint density at radius 1 is 1.07 bits per heavy atom. The third kappa shape index (κ3) is 3.10. The van der Waals surface area contributed by atoms with E-state index in [0.717, 1.165) is 0 Å². The highest BCUT2D eigenvalue weighted by Crippen LogP contribution is 2.13. The predicted octanol–water partition coefficient (Wildman–Crippen LogP) is 1.04. The summed E-state index contributed by atoms with van der Waals surface area (Å²) in [7, 11) is 2.73. The molecule has 2 unspecified atom stereocenters. The largest absolute Gasteiger partial charge is 0.468 e. The monoisotopic (exact) mass is 202 g/mol. The first-order valence-corrected chi connectivity index (χ1v) is 4.60. The van der Waals surface area contributed by atoms with Crippen LogP contribution in [0.4, 0.5) is 0 Å². The molecule has 0 amide bonds. The van der Waals surface area contributed by atoms with Crippen LogP contribution in [-0.4, -0.2) is 32.1 Å². The third-order valence-electron chi connectivity index (χ3n) is 2.12. The van der Waals surface area contributed by atoms with Crippen LogP contribution in [0.3, 0.4) is 0 Å². The molecule has 0 aliphatic rings. The Hall–Kier alpha value is -0.900. The lowest BCUT2D eigenvalue weighted by Gasteiger charge is -2.20. The molecule has 4 heteroatoms. The van der Waals surface area contributed by atoms with Crippen molar-refractivity contribution < 1.29 is 19.1 Å². The number of esters is 1. The van der Waals surface area contributed by atoms with Crippen LogP contribution in [-0.2, 0) is 19.1 Å². The fraction of sp³-hybridized carbons (Fsp3) is 0.800. The molecule has 0 aromatic heterocycles. The molecule has 0 aliphatic carbocycles. The minimum Gasteiger partial charge on any atom is -0.468 e. The van der Waals surface area contributed by atoms with Gasteiger partial charge in [0.25, 0.3) is 0 Å². The van der Waals surface area contributed by atoms with E-state index in [4.69, 9.17) is 4.74 Å². The fourth-order valence-electron chi connectivity index (χ4n) is 1.26. The highest BCUT2D eigenvalue weighted by atomic mass is 16.5. The van der Waals surface area contributed by atoms with Crippen molar-refractivity contribution in [2.75, 3.05) is 14.2 Å². The van der Waals surface area contributed by atoms with Crippen molar-refractivity contribution >= 4 is 11.8 Å². The Morgan fingerprint density at radius 3 is 1.86 bits per heavy atom. The third-order valence-corrected chi connectivity index (χ3v) is 2.12. The van der Waals surface area contributed by atoms with Gasteiger partial charge in [-0.25, -0.2) is 0 Å². The Labute approximate surface area is 84.6 Å². The molecule has 0 spiro atoms. The zero-order chi connectivity index (χ0) is 11.3. The van der Waals surface area contributed by atoms with E-state index in [1.165, 1.54) is 21.1 Å². The molecule has 0 aromatic carbocycles. The van der Waals surface area contributed by atoms with Crippen LogP contribution >= 0.6 is 0 Å². The van der Waals surface area contributed by atoms with Gasteiger partial charge in [0, 0.05) is 7.11 Å². The van der Waals surface area contributed by atoms with Crippen molar-refractivity contribution in [2.24, 2.45) is 11.8 Å². The highest BCUT2D eigenvalue weighted by Gasteiger charge is 2.31. The van der Waals surface area contributed by atoms with E-state index < -0.39 is 18.0 Å². The molecule has 0 saturated heterocycles. The molecular weight excluding hydrogens is 184 g/mol. The van der Waals surface area contributed by atoms with Gasteiger partial charge in [-0.2, -0.15) is 0 Å². The molecule has 14 heavy (non-hydrogen) atoms. The van der Waals surface area contributed by atoms with Gasteiger partial charge in [0.1, 0.15) is 12.0 Å². The number of carbonyl (C=O) groups excluding carboxylic acids is 2. The van der Waals surface area contributed by atoms with Crippen LogP contribution in [0.5, 0.6) is 0 Å². The summed E-state index contributed by atoms with van der Waals surface area (Å²) in [5, 5.41) is 0. The van der Waals surface area contributed by atoms with Crippen LogP contribution in [0.15, 0.2) is 0 Å². The van der Waals surface area contributed by atoms with Gasteiger partial charge in [-0.3, -0.25) is 9.59 Å². The van der Waals surface area contributed by atoms with Crippen molar-refractivity contribution in [1.29, 1.82) is 0 Å². The molecule has 82 valence electrons. The van der Waals surface area contributed by atoms with E-state index in [2.05, 4.69) is 4.74 Å². The van der Waals surface area contributed by atoms with Crippen molar-refractivity contribution in [3.8, 4) is 0 Å². The van der Waals surface area contributed by atoms with E-state index in [9.17, 15) is 9.59 Å². The number of ether oxygens (including phenoxy) is 2. The summed E-state index contributed by atoms with van der Waals surface area (Å²) in [6.45, 7) is 5.27. The van der Waals surface area contributed by atoms with Crippen molar-refractivity contribution in [1.82, 2.24) is 0 Å².